The molecule has 1 N–H and O–H groups in total. The molecule has 1 saturated heterocycles. The van der Waals surface area contributed by atoms with E-state index in [2.05, 4.69) is 40.6 Å². The van der Waals surface area contributed by atoms with Crippen LogP contribution in [-0.2, 0) is 13.6 Å². The van der Waals surface area contributed by atoms with Gasteiger partial charge in [0.1, 0.15) is 0 Å². The van der Waals surface area contributed by atoms with E-state index in [-0.39, 0.29) is 24.0 Å². The lowest BCUT2D eigenvalue weighted by Crippen LogP contribution is -2.40. The third kappa shape index (κ3) is 6.98. The zero-order chi connectivity index (χ0) is 17.5. The van der Waals surface area contributed by atoms with Gasteiger partial charge in [0, 0.05) is 45.6 Å². The number of aryl methyl sites for hydroxylation is 1. The highest BCUT2D eigenvalue weighted by Crippen LogP contribution is 2.17. The number of likely N-dealkylation sites (tertiary alicyclic amines) is 1. The summed E-state index contributed by atoms with van der Waals surface area (Å²) >= 11 is 6.09. The van der Waals surface area contributed by atoms with Crippen molar-refractivity contribution >= 4 is 41.5 Å². The Morgan fingerprint density at radius 2 is 2.20 bits per heavy atom. The Kier molecular flexibility index (Phi) is 10.2. The van der Waals surface area contributed by atoms with Gasteiger partial charge < -0.3 is 19.7 Å². The first kappa shape index (κ1) is 22.6. The summed E-state index contributed by atoms with van der Waals surface area (Å²) in [6.45, 7) is 10.5. The molecule has 144 valence electrons. The Hall–Kier alpha value is -0.470. The summed E-state index contributed by atoms with van der Waals surface area (Å²) in [5.74, 6) is 1.65. The highest BCUT2D eigenvalue weighted by molar-refractivity contribution is 14.0. The van der Waals surface area contributed by atoms with Crippen LogP contribution in [0.4, 0.5) is 0 Å². The summed E-state index contributed by atoms with van der Waals surface area (Å²) in [6.07, 6.45) is 4.52. The molecule has 25 heavy (non-hydrogen) atoms. The van der Waals surface area contributed by atoms with Crippen molar-refractivity contribution in [3.8, 4) is 0 Å². The zero-order valence-corrected chi connectivity index (χ0v) is 19.1. The smallest absolute Gasteiger partial charge is 0.194 e. The minimum Gasteiger partial charge on any atom is -0.357 e. The average Bonchev–Trinajstić information content (AvgIpc) is 2.88. The molecule has 0 radical (unpaired) electrons. The van der Waals surface area contributed by atoms with Gasteiger partial charge in [-0.15, -0.1) is 24.0 Å². The predicted octanol–water partition coefficient (Wildman–Crippen LogP) is 3.43. The van der Waals surface area contributed by atoms with Gasteiger partial charge in [0.25, 0.3) is 0 Å². The lowest BCUT2D eigenvalue weighted by molar-refractivity contribution is 0.186. The van der Waals surface area contributed by atoms with Crippen molar-refractivity contribution in [1.82, 2.24) is 19.7 Å². The van der Waals surface area contributed by atoms with Gasteiger partial charge in [-0.3, -0.25) is 4.99 Å². The normalized spacial score (nSPS) is 18.8. The second-order valence-corrected chi connectivity index (χ2v) is 7.15. The van der Waals surface area contributed by atoms with Crippen LogP contribution in [0, 0.1) is 5.92 Å². The summed E-state index contributed by atoms with van der Waals surface area (Å²) in [5, 5.41) is 4.20. The molecule has 2 heterocycles. The highest BCUT2D eigenvalue weighted by atomic mass is 127. The summed E-state index contributed by atoms with van der Waals surface area (Å²) in [4.78, 5) is 9.61. The van der Waals surface area contributed by atoms with E-state index in [1.54, 1.807) is 0 Å². The van der Waals surface area contributed by atoms with Crippen molar-refractivity contribution in [3.63, 3.8) is 0 Å². The number of piperidine rings is 1. The summed E-state index contributed by atoms with van der Waals surface area (Å²) in [5.41, 5.74) is 1.18. The van der Waals surface area contributed by atoms with Crippen LogP contribution in [0.1, 0.15) is 32.4 Å². The number of hydrogen-bond donors (Lipinski definition) is 1. The van der Waals surface area contributed by atoms with E-state index in [1.165, 1.54) is 31.6 Å². The van der Waals surface area contributed by atoms with Crippen LogP contribution >= 0.6 is 35.6 Å². The molecule has 0 amide bonds. The van der Waals surface area contributed by atoms with Crippen LogP contribution in [0.25, 0.3) is 0 Å². The summed E-state index contributed by atoms with van der Waals surface area (Å²) < 4.78 is 2.07. The van der Waals surface area contributed by atoms with Gasteiger partial charge in [-0.05, 0) is 44.8 Å². The molecular formula is C18H33ClIN5. The first-order valence-corrected chi connectivity index (χ1v) is 9.43. The van der Waals surface area contributed by atoms with Crippen LogP contribution in [0.2, 0.25) is 5.02 Å². The van der Waals surface area contributed by atoms with Gasteiger partial charge in [-0.1, -0.05) is 18.5 Å². The standard InChI is InChI=1S/C18H32ClN5.HI/c1-5-20-18(21-11-15-8-7-9-24(6-2)12-15)23(4)14-17-10-16(19)13-22(17)3;/h10,13,15H,5-9,11-12,14H2,1-4H3,(H,20,21);1H. The lowest BCUT2D eigenvalue weighted by atomic mass is 9.98. The van der Waals surface area contributed by atoms with Crippen molar-refractivity contribution in [1.29, 1.82) is 0 Å². The molecule has 1 aliphatic heterocycles. The number of aromatic nitrogens is 1. The number of halogens is 2. The fraction of sp³-hybridized carbons (Fsp3) is 0.722. The van der Waals surface area contributed by atoms with Gasteiger partial charge in [0.15, 0.2) is 5.96 Å². The number of rotatable bonds is 6. The van der Waals surface area contributed by atoms with Crippen molar-refractivity contribution < 1.29 is 0 Å². The van der Waals surface area contributed by atoms with E-state index in [4.69, 9.17) is 16.6 Å². The molecule has 1 aliphatic rings. The Morgan fingerprint density at radius 1 is 1.44 bits per heavy atom. The van der Waals surface area contributed by atoms with Gasteiger partial charge in [-0.25, -0.2) is 0 Å². The number of nitrogens with zero attached hydrogens (tertiary/aromatic N) is 4. The average molecular weight is 482 g/mol. The maximum atomic E-state index is 6.09. The molecule has 1 atom stereocenters. The Morgan fingerprint density at radius 3 is 2.80 bits per heavy atom. The van der Waals surface area contributed by atoms with E-state index in [9.17, 15) is 0 Å². The van der Waals surface area contributed by atoms with Gasteiger partial charge in [0.2, 0.25) is 0 Å². The van der Waals surface area contributed by atoms with Crippen molar-refractivity contribution in [2.45, 2.75) is 33.2 Å². The van der Waals surface area contributed by atoms with Crippen LogP contribution < -0.4 is 5.32 Å². The van der Waals surface area contributed by atoms with Crippen molar-refractivity contribution in [2.24, 2.45) is 18.0 Å². The molecular weight excluding hydrogens is 449 g/mol. The third-order valence-electron chi connectivity index (χ3n) is 4.72. The van der Waals surface area contributed by atoms with Crippen molar-refractivity contribution in [3.05, 3.63) is 23.0 Å². The minimum atomic E-state index is 0. The van der Waals surface area contributed by atoms with Crippen LogP contribution in [0.15, 0.2) is 17.3 Å². The molecule has 2 rings (SSSR count). The largest absolute Gasteiger partial charge is 0.357 e. The zero-order valence-electron chi connectivity index (χ0n) is 16.0. The monoisotopic (exact) mass is 481 g/mol. The fourth-order valence-electron chi connectivity index (χ4n) is 3.31. The molecule has 1 unspecified atom stereocenters. The van der Waals surface area contributed by atoms with Gasteiger partial charge in [-0.2, -0.15) is 0 Å². The SMILES string of the molecule is CCNC(=NCC1CCCN(CC)C1)N(C)Cc1cc(Cl)cn1C.I. The first-order chi connectivity index (χ1) is 11.5. The lowest BCUT2D eigenvalue weighted by Gasteiger charge is -2.31. The summed E-state index contributed by atoms with van der Waals surface area (Å²) in [6, 6.07) is 2.02. The molecule has 1 aromatic rings. The van der Waals surface area contributed by atoms with E-state index in [1.807, 2.05) is 19.3 Å². The molecule has 7 heteroatoms. The number of aliphatic imine (C=N–C) groups is 1. The minimum absolute atomic E-state index is 0. The Balaban J connectivity index is 0.00000312. The van der Waals surface area contributed by atoms with E-state index < -0.39 is 0 Å². The maximum absolute atomic E-state index is 6.09. The first-order valence-electron chi connectivity index (χ1n) is 9.06. The molecule has 1 aromatic heterocycles. The molecule has 0 bridgehead atoms. The van der Waals surface area contributed by atoms with Crippen molar-refractivity contribution in [2.75, 3.05) is 39.8 Å². The van der Waals surface area contributed by atoms with E-state index in [0.717, 1.165) is 37.2 Å². The number of guanidine groups is 1. The maximum Gasteiger partial charge on any atom is 0.194 e. The molecule has 0 aromatic carbocycles. The van der Waals surface area contributed by atoms with Crippen LogP contribution in [0.3, 0.4) is 0 Å². The topological polar surface area (TPSA) is 35.8 Å². The van der Waals surface area contributed by atoms with Gasteiger partial charge >= 0.3 is 0 Å². The molecule has 1 fully saturated rings. The highest BCUT2D eigenvalue weighted by Gasteiger charge is 2.19. The molecule has 5 nitrogen and oxygen atoms in total. The Bertz CT molecular complexity index is 546. The number of nitrogens with one attached hydrogen (secondary N) is 1. The third-order valence-corrected chi connectivity index (χ3v) is 4.93. The van der Waals surface area contributed by atoms with Gasteiger partial charge in [0.05, 0.1) is 11.6 Å². The van der Waals surface area contributed by atoms with E-state index >= 15 is 0 Å². The predicted molar refractivity (Wildman–Crippen MR) is 118 cm³/mol. The number of hydrogen-bond acceptors (Lipinski definition) is 2. The second-order valence-electron chi connectivity index (χ2n) is 6.71. The molecule has 0 aliphatic carbocycles. The molecule has 0 saturated carbocycles. The Labute approximate surface area is 174 Å². The van der Waals surface area contributed by atoms with Crippen LogP contribution in [0.5, 0.6) is 0 Å². The van der Waals surface area contributed by atoms with Crippen LogP contribution in [-0.4, -0.2) is 60.1 Å². The molecule has 0 spiro atoms. The quantitative estimate of drug-likeness (QED) is 0.384. The fourth-order valence-corrected chi connectivity index (χ4v) is 3.59. The second kappa shape index (κ2) is 11.3. The summed E-state index contributed by atoms with van der Waals surface area (Å²) in [7, 11) is 4.11. The van der Waals surface area contributed by atoms with E-state index in [0.29, 0.717) is 5.92 Å².